The van der Waals surface area contributed by atoms with E-state index in [2.05, 4.69) is 14.9 Å². The highest BCUT2D eigenvalue weighted by Gasteiger charge is 1.30. The Hall–Kier alpha value is 0.467. The molecular formula is CH4ClOSi. The van der Waals surface area contributed by atoms with Crippen LogP contribution in [0, 0.1) is 0 Å². The molecule has 1 nitrogen and oxygen atoms in total. The summed E-state index contributed by atoms with van der Waals surface area (Å²) in [5.41, 5.74) is 0. The Balaban J connectivity index is 0. The molecule has 4 heavy (non-hydrogen) atoms. The van der Waals surface area contributed by atoms with Crippen molar-refractivity contribution < 1.29 is 4.43 Å². The SMILES string of the molecule is CO[Si].Cl. The maximum absolute atomic E-state index is 4.06. The lowest BCUT2D eigenvalue weighted by Crippen LogP contribution is -1.60. The lowest BCUT2D eigenvalue weighted by molar-refractivity contribution is 0.460. The van der Waals surface area contributed by atoms with Gasteiger partial charge >= 0.3 is 0 Å². The lowest BCUT2D eigenvalue weighted by atomic mass is 11.8. The zero-order chi connectivity index (χ0) is 2.71. The molecule has 0 aromatic carbocycles. The second-order valence-electron chi connectivity index (χ2n) is 0.204. The van der Waals surface area contributed by atoms with Crippen molar-refractivity contribution in [3.63, 3.8) is 0 Å². The fourth-order valence-corrected chi connectivity index (χ4v) is 0. The number of rotatable bonds is 0. The van der Waals surface area contributed by atoms with E-state index in [9.17, 15) is 0 Å². The van der Waals surface area contributed by atoms with E-state index in [1.807, 2.05) is 0 Å². The van der Waals surface area contributed by atoms with Crippen LogP contribution in [0.1, 0.15) is 0 Å². The summed E-state index contributed by atoms with van der Waals surface area (Å²) in [6.07, 6.45) is 0. The van der Waals surface area contributed by atoms with Gasteiger partial charge in [0.1, 0.15) is 0 Å². The van der Waals surface area contributed by atoms with Gasteiger partial charge in [-0.1, -0.05) is 0 Å². The van der Waals surface area contributed by atoms with Crippen molar-refractivity contribution >= 4 is 22.9 Å². The molecule has 0 bridgehead atoms. The summed E-state index contributed by atoms with van der Waals surface area (Å²) in [6.45, 7) is 0. The van der Waals surface area contributed by atoms with E-state index in [1.54, 1.807) is 0 Å². The molecule has 0 heterocycles. The van der Waals surface area contributed by atoms with Gasteiger partial charge in [0.25, 0.3) is 0 Å². The molecule has 3 radical (unpaired) electrons. The third-order valence-corrected chi connectivity index (χ3v) is 0. The standard InChI is InChI=1S/CH3OSi.ClH/c1-2-3;/h1H3;1H. The zero-order valence-corrected chi connectivity index (χ0v) is 4.13. The maximum atomic E-state index is 4.06. The molecule has 0 unspecified atom stereocenters. The van der Waals surface area contributed by atoms with Crippen LogP contribution < -0.4 is 0 Å². The highest BCUT2D eigenvalue weighted by molar-refractivity contribution is 5.97. The van der Waals surface area contributed by atoms with E-state index in [0.717, 1.165) is 0 Å². The van der Waals surface area contributed by atoms with Gasteiger partial charge in [0.15, 0.2) is 0 Å². The molecule has 0 rings (SSSR count). The van der Waals surface area contributed by atoms with Crippen molar-refractivity contribution in [2.45, 2.75) is 0 Å². The number of hydrogen-bond donors (Lipinski definition) is 0. The van der Waals surface area contributed by atoms with Crippen molar-refractivity contribution in [3.8, 4) is 0 Å². The van der Waals surface area contributed by atoms with E-state index in [-0.39, 0.29) is 12.4 Å². The molecule has 25 valence electrons. The minimum absolute atomic E-state index is 0. The summed E-state index contributed by atoms with van der Waals surface area (Å²) >= 11 is 0. The van der Waals surface area contributed by atoms with Crippen LogP contribution in [-0.2, 0) is 4.43 Å². The fourth-order valence-electron chi connectivity index (χ4n) is 0. The topological polar surface area (TPSA) is 9.23 Å². The van der Waals surface area contributed by atoms with Gasteiger partial charge in [-0.3, -0.25) is 0 Å². The molecule has 0 spiro atoms. The first kappa shape index (κ1) is 8.82. The van der Waals surface area contributed by atoms with Crippen LogP contribution in [0.5, 0.6) is 0 Å². The molecule has 0 fully saturated rings. The number of halogens is 1. The summed E-state index contributed by atoms with van der Waals surface area (Å²) in [5, 5.41) is 0. The smallest absolute Gasteiger partial charge is 0.245 e. The summed E-state index contributed by atoms with van der Waals surface area (Å²) < 4.78 is 4.06. The minimum atomic E-state index is 0. The van der Waals surface area contributed by atoms with Crippen LogP contribution in [0.3, 0.4) is 0 Å². The monoisotopic (exact) mass is 95.0 g/mol. The highest BCUT2D eigenvalue weighted by atomic mass is 35.5. The van der Waals surface area contributed by atoms with Gasteiger partial charge in [-0.15, -0.1) is 12.4 Å². The molecule has 0 N–H and O–H groups in total. The van der Waals surface area contributed by atoms with Gasteiger partial charge in [0.05, 0.1) is 0 Å². The van der Waals surface area contributed by atoms with Crippen molar-refractivity contribution in [3.05, 3.63) is 0 Å². The second kappa shape index (κ2) is 9.80. The van der Waals surface area contributed by atoms with E-state index >= 15 is 0 Å². The maximum Gasteiger partial charge on any atom is 0.245 e. The average Bonchev–Trinajstić information content (AvgIpc) is 0.918. The molecule has 0 atom stereocenters. The molecule has 0 saturated carbocycles. The molecule has 0 aromatic heterocycles. The van der Waals surface area contributed by atoms with Crippen molar-refractivity contribution in [1.82, 2.24) is 0 Å². The highest BCUT2D eigenvalue weighted by Crippen LogP contribution is 1.24. The Morgan fingerprint density at radius 2 is 1.75 bits per heavy atom. The van der Waals surface area contributed by atoms with E-state index < -0.39 is 0 Å². The van der Waals surface area contributed by atoms with Crippen LogP contribution >= 0.6 is 12.4 Å². The third kappa shape index (κ3) is 24.4. The quantitative estimate of drug-likeness (QED) is 0.389. The van der Waals surface area contributed by atoms with Crippen LogP contribution in [0.15, 0.2) is 0 Å². The van der Waals surface area contributed by atoms with Gasteiger partial charge in [-0.05, 0) is 0 Å². The predicted octanol–water partition coefficient (Wildman–Crippen LogP) is 0.138. The minimum Gasteiger partial charge on any atom is -0.422 e. The second-order valence-corrected chi connectivity index (χ2v) is 0.612. The summed E-state index contributed by atoms with van der Waals surface area (Å²) in [7, 11) is 4.22. The molecule has 0 aliphatic rings. The fraction of sp³-hybridized carbons (Fsp3) is 1.00. The largest absolute Gasteiger partial charge is 0.422 e. The van der Waals surface area contributed by atoms with Gasteiger partial charge in [0.2, 0.25) is 10.5 Å². The molecule has 0 aliphatic carbocycles. The van der Waals surface area contributed by atoms with Crippen molar-refractivity contribution in [1.29, 1.82) is 0 Å². The molecule has 0 amide bonds. The Kier molecular flexibility index (Phi) is 21.6. The molecule has 0 saturated heterocycles. The van der Waals surface area contributed by atoms with Gasteiger partial charge < -0.3 is 4.43 Å². The Morgan fingerprint density at radius 3 is 1.75 bits per heavy atom. The Labute approximate surface area is 35.3 Å². The van der Waals surface area contributed by atoms with Gasteiger partial charge in [-0.2, -0.15) is 0 Å². The van der Waals surface area contributed by atoms with Crippen LogP contribution in [0.25, 0.3) is 0 Å². The summed E-state index contributed by atoms with van der Waals surface area (Å²) in [5.74, 6) is 0. The summed E-state index contributed by atoms with van der Waals surface area (Å²) in [4.78, 5) is 0. The van der Waals surface area contributed by atoms with Gasteiger partial charge in [0, 0.05) is 7.11 Å². The molecular weight excluding hydrogens is 91.5 g/mol. The predicted molar refractivity (Wildman–Crippen MR) is 20.0 cm³/mol. The normalized spacial score (nSPS) is 4.50. The average molecular weight is 95.6 g/mol. The molecule has 0 aliphatic heterocycles. The van der Waals surface area contributed by atoms with Gasteiger partial charge in [-0.25, -0.2) is 0 Å². The van der Waals surface area contributed by atoms with E-state index in [4.69, 9.17) is 0 Å². The molecule has 0 aromatic rings. The van der Waals surface area contributed by atoms with Crippen LogP contribution in [0.2, 0.25) is 0 Å². The van der Waals surface area contributed by atoms with Crippen LogP contribution in [0.4, 0.5) is 0 Å². The molecule has 3 heteroatoms. The Bertz CT molecular complexity index is 8.00. The third-order valence-electron chi connectivity index (χ3n) is 0. The van der Waals surface area contributed by atoms with Crippen LogP contribution in [-0.4, -0.2) is 17.6 Å². The van der Waals surface area contributed by atoms with Crippen molar-refractivity contribution in [2.24, 2.45) is 0 Å². The first-order valence-corrected chi connectivity index (χ1v) is 1.02. The lowest BCUT2D eigenvalue weighted by Gasteiger charge is -1.59. The van der Waals surface area contributed by atoms with Crippen molar-refractivity contribution in [2.75, 3.05) is 7.11 Å². The number of hydrogen-bond acceptors (Lipinski definition) is 1. The first-order valence-electron chi connectivity index (χ1n) is 0.612. The zero-order valence-electron chi connectivity index (χ0n) is 2.32. The van der Waals surface area contributed by atoms with E-state index in [0.29, 0.717) is 0 Å². The Morgan fingerprint density at radius 1 is 1.75 bits per heavy atom. The van der Waals surface area contributed by atoms with E-state index in [1.165, 1.54) is 7.11 Å². The first-order chi connectivity index (χ1) is 1.41. The summed E-state index contributed by atoms with van der Waals surface area (Å²) in [6, 6.07) is 0.